The maximum absolute atomic E-state index is 12.6. The number of hydrogen-bond donors (Lipinski definition) is 1. The molecule has 0 atom stereocenters. The van der Waals surface area contributed by atoms with E-state index in [1.165, 1.54) is 6.08 Å². The number of hydrogen-bond acceptors (Lipinski definition) is 3. The van der Waals surface area contributed by atoms with Gasteiger partial charge in [-0.25, -0.2) is 0 Å². The molecule has 0 spiro atoms. The van der Waals surface area contributed by atoms with Crippen LogP contribution in [0.25, 0.3) is 6.08 Å². The van der Waals surface area contributed by atoms with Crippen LogP contribution in [0.1, 0.15) is 16.7 Å². The van der Waals surface area contributed by atoms with Gasteiger partial charge in [-0.3, -0.25) is 4.79 Å². The second-order valence-corrected chi connectivity index (χ2v) is 7.41. The molecular weight excluding hydrogens is 419 g/mol. The quantitative estimate of drug-likeness (QED) is 0.357. The van der Waals surface area contributed by atoms with Gasteiger partial charge in [-0.1, -0.05) is 65.2 Å². The molecule has 0 aliphatic carbocycles. The molecule has 4 nitrogen and oxygen atoms in total. The molecule has 1 N–H and O–H groups in total. The summed E-state index contributed by atoms with van der Waals surface area (Å²) in [5, 5.41) is 13.0. The SMILES string of the molecule is Cc1cccc(COc2ccc(Cl)cc2/C=C(\C#N)C(=O)Nc2ccccc2Cl)c1. The van der Waals surface area contributed by atoms with Gasteiger partial charge in [-0.2, -0.15) is 5.26 Å². The van der Waals surface area contributed by atoms with Crippen molar-refractivity contribution in [3.8, 4) is 11.8 Å². The molecule has 1 amide bonds. The van der Waals surface area contributed by atoms with Crippen LogP contribution in [0.3, 0.4) is 0 Å². The van der Waals surface area contributed by atoms with Gasteiger partial charge >= 0.3 is 0 Å². The number of nitrogens with zero attached hydrogens (tertiary/aromatic N) is 1. The maximum Gasteiger partial charge on any atom is 0.266 e. The van der Waals surface area contributed by atoms with Crippen LogP contribution in [0.2, 0.25) is 10.0 Å². The first-order valence-corrected chi connectivity index (χ1v) is 9.87. The minimum atomic E-state index is -0.574. The summed E-state index contributed by atoms with van der Waals surface area (Å²) in [6.45, 7) is 2.36. The van der Waals surface area contributed by atoms with E-state index in [0.717, 1.165) is 11.1 Å². The lowest BCUT2D eigenvalue weighted by molar-refractivity contribution is -0.112. The molecule has 0 bridgehead atoms. The Labute approximate surface area is 185 Å². The van der Waals surface area contributed by atoms with Crippen molar-refractivity contribution in [3.05, 3.63) is 99.0 Å². The minimum absolute atomic E-state index is 0.0995. The summed E-state index contributed by atoms with van der Waals surface area (Å²) in [5.74, 6) is -0.0607. The predicted molar refractivity (Wildman–Crippen MR) is 121 cm³/mol. The Morgan fingerprint density at radius 1 is 1.10 bits per heavy atom. The molecule has 0 aliphatic rings. The third-order valence-electron chi connectivity index (χ3n) is 4.24. The average Bonchev–Trinajstić information content (AvgIpc) is 2.73. The number of rotatable bonds is 6. The van der Waals surface area contributed by atoms with Gasteiger partial charge in [0.2, 0.25) is 0 Å². The van der Waals surface area contributed by atoms with Gasteiger partial charge in [0.15, 0.2) is 0 Å². The lowest BCUT2D eigenvalue weighted by atomic mass is 10.1. The van der Waals surface area contributed by atoms with Crippen LogP contribution in [-0.4, -0.2) is 5.91 Å². The average molecular weight is 437 g/mol. The molecule has 150 valence electrons. The number of carbonyl (C=O) groups is 1. The van der Waals surface area contributed by atoms with Gasteiger partial charge in [0.05, 0.1) is 10.7 Å². The van der Waals surface area contributed by atoms with Gasteiger partial charge in [-0.15, -0.1) is 0 Å². The molecule has 0 saturated carbocycles. The molecule has 0 saturated heterocycles. The summed E-state index contributed by atoms with van der Waals surface area (Å²) in [6.07, 6.45) is 1.45. The second kappa shape index (κ2) is 9.98. The summed E-state index contributed by atoms with van der Waals surface area (Å²) in [7, 11) is 0. The number of nitriles is 1. The molecule has 6 heteroatoms. The highest BCUT2D eigenvalue weighted by molar-refractivity contribution is 6.34. The van der Waals surface area contributed by atoms with Crippen LogP contribution < -0.4 is 10.1 Å². The Balaban J connectivity index is 1.84. The molecule has 0 radical (unpaired) electrons. The van der Waals surface area contributed by atoms with E-state index in [4.69, 9.17) is 27.9 Å². The Kier molecular flexibility index (Phi) is 7.13. The third kappa shape index (κ3) is 5.64. The van der Waals surface area contributed by atoms with Crippen LogP contribution in [0, 0.1) is 18.3 Å². The second-order valence-electron chi connectivity index (χ2n) is 6.56. The van der Waals surface area contributed by atoms with Crippen molar-refractivity contribution in [1.29, 1.82) is 5.26 Å². The highest BCUT2D eigenvalue weighted by atomic mass is 35.5. The molecule has 3 aromatic rings. The Morgan fingerprint density at radius 3 is 2.63 bits per heavy atom. The number of amides is 1. The van der Waals surface area contributed by atoms with Gasteiger partial charge < -0.3 is 10.1 Å². The number of ether oxygens (including phenoxy) is 1. The van der Waals surface area contributed by atoms with Gasteiger partial charge in [0, 0.05) is 10.6 Å². The van der Waals surface area contributed by atoms with Crippen LogP contribution in [-0.2, 0) is 11.4 Å². The third-order valence-corrected chi connectivity index (χ3v) is 4.80. The normalized spacial score (nSPS) is 10.9. The Morgan fingerprint density at radius 2 is 1.90 bits per heavy atom. The van der Waals surface area contributed by atoms with Crippen molar-refractivity contribution in [1.82, 2.24) is 0 Å². The van der Waals surface area contributed by atoms with Crippen molar-refractivity contribution in [2.45, 2.75) is 13.5 Å². The number of benzene rings is 3. The van der Waals surface area contributed by atoms with Crippen LogP contribution >= 0.6 is 23.2 Å². The maximum atomic E-state index is 12.6. The van der Waals surface area contributed by atoms with Crippen molar-refractivity contribution >= 4 is 40.9 Å². The number of halogens is 2. The molecule has 0 unspecified atom stereocenters. The monoisotopic (exact) mass is 436 g/mol. The zero-order valence-corrected chi connectivity index (χ0v) is 17.7. The molecule has 0 heterocycles. The molecule has 3 aromatic carbocycles. The molecule has 0 aliphatic heterocycles. The smallest absolute Gasteiger partial charge is 0.266 e. The van der Waals surface area contributed by atoms with Crippen LogP contribution in [0.5, 0.6) is 5.75 Å². The number of aryl methyl sites for hydroxylation is 1. The van der Waals surface area contributed by atoms with E-state index in [-0.39, 0.29) is 5.57 Å². The zero-order valence-electron chi connectivity index (χ0n) is 16.2. The lowest BCUT2D eigenvalue weighted by Crippen LogP contribution is -2.13. The first-order valence-electron chi connectivity index (χ1n) is 9.12. The fourth-order valence-corrected chi connectivity index (χ4v) is 3.15. The van der Waals surface area contributed by atoms with E-state index in [1.54, 1.807) is 42.5 Å². The summed E-state index contributed by atoms with van der Waals surface area (Å²) >= 11 is 12.2. The fraction of sp³-hybridized carbons (Fsp3) is 0.0833. The number of para-hydroxylation sites is 1. The van der Waals surface area contributed by atoms with E-state index in [2.05, 4.69) is 5.32 Å². The zero-order chi connectivity index (χ0) is 21.5. The number of carbonyl (C=O) groups excluding carboxylic acids is 1. The Bertz CT molecular complexity index is 1150. The number of anilines is 1. The summed E-state index contributed by atoms with van der Waals surface area (Å²) in [6, 6.07) is 21.8. The van der Waals surface area contributed by atoms with Crippen LogP contribution in [0.4, 0.5) is 5.69 Å². The van der Waals surface area contributed by atoms with Gasteiger partial charge in [0.1, 0.15) is 24.0 Å². The molecule has 0 aromatic heterocycles. The molecule has 3 rings (SSSR count). The highest BCUT2D eigenvalue weighted by Crippen LogP contribution is 2.27. The minimum Gasteiger partial charge on any atom is -0.488 e. The summed E-state index contributed by atoms with van der Waals surface area (Å²) in [5.41, 5.74) is 3.00. The molecular formula is C24H18Cl2N2O2. The first kappa shape index (κ1) is 21.4. The summed E-state index contributed by atoms with van der Waals surface area (Å²) < 4.78 is 5.93. The number of nitrogens with one attached hydrogen (secondary N) is 1. The van der Waals surface area contributed by atoms with E-state index in [0.29, 0.717) is 33.7 Å². The van der Waals surface area contributed by atoms with Crippen molar-refractivity contribution in [2.75, 3.05) is 5.32 Å². The lowest BCUT2D eigenvalue weighted by Gasteiger charge is -2.11. The van der Waals surface area contributed by atoms with E-state index in [9.17, 15) is 10.1 Å². The van der Waals surface area contributed by atoms with Gasteiger partial charge in [-0.05, 0) is 48.9 Å². The molecule has 30 heavy (non-hydrogen) atoms. The molecule has 0 fully saturated rings. The topological polar surface area (TPSA) is 62.1 Å². The van der Waals surface area contributed by atoms with E-state index in [1.807, 2.05) is 37.3 Å². The first-order chi connectivity index (χ1) is 14.5. The Hall–Kier alpha value is -3.26. The largest absolute Gasteiger partial charge is 0.488 e. The van der Waals surface area contributed by atoms with Crippen LogP contribution in [0.15, 0.2) is 72.3 Å². The summed E-state index contributed by atoms with van der Waals surface area (Å²) in [4.78, 5) is 12.6. The standard InChI is InChI=1S/C24H18Cl2N2O2/c1-16-5-4-6-17(11-16)15-30-23-10-9-20(25)13-18(23)12-19(14-27)24(29)28-22-8-3-2-7-21(22)26/h2-13H,15H2,1H3,(H,28,29)/b19-12+. The van der Waals surface area contributed by atoms with E-state index >= 15 is 0 Å². The van der Waals surface area contributed by atoms with Crippen molar-refractivity contribution < 1.29 is 9.53 Å². The van der Waals surface area contributed by atoms with Crippen molar-refractivity contribution in [3.63, 3.8) is 0 Å². The van der Waals surface area contributed by atoms with E-state index < -0.39 is 5.91 Å². The fourth-order valence-electron chi connectivity index (χ4n) is 2.78. The predicted octanol–water partition coefficient (Wildman–Crippen LogP) is 6.43. The highest BCUT2D eigenvalue weighted by Gasteiger charge is 2.13. The van der Waals surface area contributed by atoms with Crippen molar-refractivity contribution in [2.24, 2.45) is 0 Å². The van der Waals surface area contributed by atoms with Gasteiger partial charge in [0.25, 0.3) is 5.91 Å².